The molecule has 1 aromatic heterocycles. The van der Waals surface area contributed by atoms with Gasteiger partial charge in [-0.05, 0) is 22.4 Å². The van der Waals surface area contributed by atoms with Crippen molar-refractivity contribution in [2.24, 2.45) is 0 Å². The number of rotatable bonds is 6. The van der Waals surface area contributed by atoms with Gasteiger partial charge in [0.05, 0.1) is 13.2 Å². The van der Waals surface area contributed by atoms with Crippen LogP contribution in [0.2, 0.25) is 0 Å². The molecule has 1 heterocycles. The molecule has 0 fully saturated rings. The number of thiophene rings is 1. The third kappa shape index (κ3) is 2.80. The fraction of sp³-hybridized carbons (Fsp3) is 0.333. The molecule has 16 heavy (non-hydrogen) atoms. The fourth-order valence-electron chi connectivity index (χ4n) is 1.50. The van der Waals surface area contributed by atoms with Crippen molar-refractivity contribution >= 4 is 21.4 Å². The van der Waals surface area contributed by atoms with Gasteiger partial charge in [0.2, 0.25) is 0 Å². The number of nitrogens with one attached hydrogen (secondary N) is 1. The van der Waals surface area contributed by atoms with Gasteiger partial charge < -0.3 is 4.74 Å². The first-order valence-electron chi connectivity index (χ1n) is 5.20. The maximum absolute atomic E-state index is 5.23. The van der Waals surface area contributed by atoms with Crippen LogP contribution >= 0.6 is 11.3 Å². The van der Waals surface area contributed by atoms with Crippen molar-refractivity contribution in [2.75, 3.05) is 20.3 Å². The Morgan fingerprint density at radius 1 is 1.25 bits per heavy atom. The van der Waals surface area contributed by atoms with Gasteiger partial charge in [0, 0.05) is 18.4 Å². The van der Waals surface area contributed by atoms with Crippen molar-refractivity contribution in [3.8, 4) is 0 Å². The van der Waals surface area contributed by atoms with E-state index in [1.807, 2.05) is 0 Å². The quantitative estimate of drug-likeness (QED) is 0.618. The molecule has 0 aliphatic rings. The summed E-state index contributed by atoms with van der Waals surface area (Å²) in [6.45, 7) is 1.91. The first kappa shape index (κ1) is 11.5. The zero-order valence-corrected chi connectivity index (χ0v) is 10.0. The number of methoxy groups -OCH3 is 1. The minimum atomic E-state index is 0.568. The van der Waals surface area contributed by atoms with Crippen LogP contribution in [0.1, 0.15) is 5.56 Å². The van der Waals surface area contributed by atoms with Gasteiger partial charge in [-0.2, -0.15) is 5.48 Å². The fourth-order valence-corrected chi connectivity index (χ4v) is 2.46. The smallest absolute Gasteiger partial charge is 0.0916 e. The number of fused-ring (bicyclic) bond motifs is 1. The normalized spacial score (nSPS) is 11.1. The molecular weight excluding hydrogens is 222 g/mol. The molecule has 3 nitrogen and oxygen atoms in total. The minimum absolute atomic E-state index is 0.568. The first-order chi connectivity index (χ1) is 7.92. The third-order valence-electron chi connectivity index (χ3n) is 2.32. The molecule has 0 radical (unpaired) electrons. The number of hydrogen-bond donors (Lipinski definition) is 1. The number of ether oxygens (including phenoxy) is 1. The van der Waals surface area contributed by atoms with Crippen LogP contribution in [-0.2, 0) is 16.1 Å². The average Bonchev–Trinajstić information content (AvgIpc) is 2.73. The molecule has 0 atom stereocenters. The summed E-state index contributed by atoms with van der Waals surface area (Å²) in [7, 11) is 1.66. The highest BCUT2D eigenvalue weighted by molar-refractivity contribution is 7.17. The Bertz CT molecular complexity index is 441. The Balaban J connectivity index is 1.89. The highest BCUT2D eigenvalue weighted by Gasteiger charge is 2.02. The standard InChI is InChI=1S/C12H15NO2S/c1-14-6-7-15-13-8-10-9-16-12-5-3-2-4-11(10)12/h2-5,9,13H,6-8H2,1H3. The van der Waals surface area contributed by atoms with E-state index in [4.69, 9.17) is 9.57 Å². The van der Waals surface area contributed by atoms with Crippen LogP contribution in [0, 0.1) is 0 Å². The summed E-state index contributed by atoms with van der Waals surface area (Å²) >= 11 is 1.76. The van der Waals surface area contributed by atoms with Gasteiger partial charge in [0.1, 0.15) is 0 Å². The summed E-state index contributed by atoms with van der Waals surface area (Å²) in [4.78, 5) is 5.23. The van der Waals surface area contributed by atoms with Crippen LogP contribution in [0.3, 0.4) is 0 Å². The molecule has 0 saturated heterocycles. The summed E-state index contributed by atoms with van der Waals surface area (Å²) < 4.78 is 6.20. The van der Waals surface area contributed by atoms with E-state index in [-0.39, 0.29) is 0 Å². The van der Waals surface area contributed by atoms with Gasteiger partial charge in [-0.3, -0.25) is 4.84 Å². The molecule has 0 unspecified atom stereocenters. The molecule has 1 aromatic carbocycles. The van der Waals surface area contributed by atoms with E-state index in [9.17, 15) is 0 Å². The Kier molecular flexibility index (Phi) is 4.30. The number of hydroxylamine groups is 1. The molecule has 0 aliphatic carbocycles. The molecule has 0 aliphatic heterocycles. The van der Waals surface area contributed by atoms with Crippen LogP contribution in [0.15, 0.2) is 29.6 Å². The minimum Gasteiger partial charge on any atom is -0.382 e. The molecule has 4 heteroatoms. The van der Waals surface area contributed by atoms with E-state index >= 15 is 0 Å². The summed E-state index contributed by atoms with van der Waals surface area (Å²) in [5.74, 6) is 0. The molecule has 0 spiro atoms. The van der Waals surface area contributed by atoms with E-state index in [2.05, 4.69) is 35.1 Å². The topological polar surface area (TPSA) is 30.5 Å². The van der Waals surface area contributed by atoms with Crippen LogP contribution < -0.4 is 5.48 Å². The zero-order chi connectivity index (χ0) is 11.2. The Morgan fingerprint density at radius 2 is 2.12 bits per heavy atom. The van der Waals surface area contributed by atoms with Gasteiger partial charge in [0.25, 0.3) is 0 Å². The second kappa shape index (κ2) is 5.96. The van der Waals surface area contributed by atoms with Gasteiger partial charge in [-0.25, -0.2) is 0 Å². The number of hydrogen-bond acceptors (Lipinski definition) is 4. The van der Waals surface area contributed by atoms with Crippen molar-refractivity contribution < 1.29 is 9.57 Å². The van der Waals surface area contributed by atoms with E-state index in [1.54, 1.807) is 18.4 Å². The summed E-state index contributed by atoms with van der Waals surface area (Å²) in [5.41, 5.74) is 4.22. The van der Waals surface area contributed by atoms with Gasteiger partial charge in [-0.15, -0.1) is 11.3 Å². The Hall–Kier alpha value is -0.940. The average molecular weight is 237 g/mol. The summed E-state index contributed by atoms with van der Waals surface area (Å²) in [6, 6.07) is 8.39. The predicted molar refractivity (Wildman–Crippen MR) is 66.5 cm³/mol. The van der Waals surface area contributed by atoms with Crippen molar-refractivity contribution in [3.63, 3.8) is 0 Å². The van der Waals surface area contributed by atoms with Gasteiger partial charge in [0.15, 0.2) is 0 Å². The molecule has 1 N–H and O–H groups in total. The SMILES string of the molecule is COCCONCc1csc2ccccc12. The number of benzene rings is 1. The second-order valence-corrected chi connectivity index (χ2v) is 4.33. The van der Waals surface area contributed by atoms with E-state index in [0.717, 1.165) is 6.54 Å². The third-order valence-corrected chi connectivity index (χ3v) is 3.33. The molecule has 86 valence electrons. The zero-order valence-electron chi connectivity index (χ0n) is 9.23. The van der Waals surface area contributed by atoms with E-state index < -0.39 is 0 Å². The van der Waals surface area contributed by atoms with Crippen molar-refractivity contribution in [1.82, 2.24) is 5.48 Å². The van der Waals surface area contributed by atoms with Gasteiger partial charge >= 0.3 is 0 Å². The highest BCUT2D eigenvalue weighted by atomic mass is 32.1. The van der Waals surface area contributed by atoms with Crippen molar-refractivity contribution in [2.45, 2.75) is 6.54 Å². The summed E-state index contributed by atoms with van der Waals surface area (Å²) in [6.07, 6.45) is 0. The van der Waals surface area contributed by atoms with Crippen LogP contribution in [0.4, 0.5) is 0 Å². The molecular formula is C12H15NO2S. The van der Waals surface area contributed by atoms with Crippen LogP contribution in [0.25, 0.3) is 10.1 Å². The van der Waals surface area contributed by atoms with Crippen molar-refractivity contribution in [3.05, 3.63) is 35.2 Å². The predicted octanol–water partition coefficient (Wildman–Crippen LogP) is 2.57. The lowest BCUT2D eigenvalue weighted by Crippen LogP contribution is -2.16. The van der Waals surface area contributed by atoms with Crippen LogP contribution in [0.5, 0.6) is 0 Å². The lowest BCUT2D eigenvalue weighted by atomic mass is 10.2. The monoisotopic (exact) mass is 237 g/mol. The van der Waals surface area contributed by atoms with E-state index in [0.29, 0.717) is 13.2 Å². The summed E-state index contributed by atoms with van der Waals surface area (Å²) in [5, 5.41) is 3.47. The van der Waals surface area contributed by atoms with Gasteiger partial charge in [-0.1, -0.05) is 18.2 Å². The Morgan fingerprint density at radius 3 is 3.00 bits per heavy atom. The molecule has 2 aromatic rings. The first-order valence-corrected chi connectivity index (χ1v) is 6.08. The second-order valence-electron chi connectivity index (χ2n) is 3.42. The maximum Gasteiger partial charge on any atom is 0.0916 e. The highest BCUT2D eigenvalue weighted by Crippen LogP contribution is 2.25. The largest absolute Gasteiger partial charge is 0.382 e. The van der Waals surface area contributed by atoms with Crippen molar-refractivity contribution in [1.29, 1.82) is 0 Å². The molecule has 0 saturated carbocycles. The lowest BCUT2D eigenvalue weighted by Gasteiger charge is -2.04. The molecule has 2 rings (SSSR count). The molecule has 0 bridgehead atoms. The molecule has 0 amide bonds. The lowest BCUT2D eigenvalue weighted by molar-refractivity contribution is 0.00366. The van der Waals surface area contributed by atoms with E-state index in [1.165, 1.54) is 15.6 Å². The Labute approximate surface area is 98.9 Å². The van der Waals surface area contributed by atoms with Crippen LogP contribution in [-0.4, -0.2) is 20.3 Å². The maximum atomic E-state index is 5.23.